The summed E-state index contributed by atoms with van der Waals surface area (Å²) in [5.41, 5.74) is 6.48. The third-order valence-corrected chi connectivity index (χ3v) is 6.33. The number of hydrogen-bond donors (Lipinski definition) is 0. The zero-order valence-electron chi connectivity index (χ0n) is 17.1. The lowest BCUT2D eigenvalue weighted by Crippen LogP contribution is -2.29. The number of aliphatic imine (C=N–C) groups is 1. The molecule has 3 aromatic heterocycles. The van der Waals surface area contributed by atoms with Crippen LogP contribution in [0.3, 0.4) is 0 Å². The molecule has 0 aliphatic carbocycles. The fourth-order valence-corrected chi connectivity index (χ4v) is 5.06. The molecule has 2 aromatic carbocycles. The quantitative estimate of drug-likeness (QED) is 0.400. The molecule has 2 aliphatic rings. The summed E-state index contributed by atoms with van der Waals surface area (Å²) >= 11 is 0. The van der Waals surface area contributed by atoms with Crippen LogP contribution >= 0.6 is 0 Å². The first-order valence-corrected chi connectivity index (χ1v) is 10.6. The normalized spacial score (nSPS) is 18.9. The Morgan fingerprint density at radius 3 is 2.62 bits per heavy atom. The smallest absolute Gasteiger partial charge is 0.141 e. The SMILES string of the molecule is C1=CC2C(N=C1)c1cnc3c4ccccc4n(-c4ccncn4)c3c1N2c1ccccc1. The van der Waals surface area contributed by atoms with Crippen LogP contribution in [0.1, 0.15) is 11.6 Å². The number of hydrogen-bond acceptors (Lipinski definition) is 5. The number of pyridine rings is 1. The summed E-state index contributed by atoms with van der Waals surface area (Å²) in [6.45, 7) is 0. The lowest BCUT2D eigenvalue weighted by atomic mass is 10.0. The van der Waals surface area contributed by atoms with Crippen molar-refractivity contribution in [2.75, 3.05) is 4.90 Å². The molecule has 0 radical (unpaired) electrons. The summed E-state index contributed by atoms with van der Waals surface area (Å²) < 4.78 is 2.21. The fraction of sp³-hybridized carbons (Fsp3) is 0.0769. The van der Waals surface area contributed by atoms with Gasteiger partial charge in [-0.1, -0.05) is 42.5 Å². The first-order chi connectivity index (χ1) is 15.9. The summed E-state index contributed by atoms with van der Waals surface area (Å²) in [4.78, 5) is 20.9. The van der Waals surface area contributed by atoms with E-state index in [-0.39, 0.29) is 12.1 Å². The highest BCUT2D eigenvalue weighted by molar-refractivity contribution is 6.12. The van der Waals surface area contributed by atoms with Crippen molar-refractivity contribution in [2.45, 2.75) is 12.1 Å². The molecule has 32 heavy (non-hydrogen) atoms. The summed E-state index contributed by atoms with van der Waals surface area (Å²) in [7, 11) is 0. The molecule has 0 spiro atoms. The molecular weight excluding hydrogens is 396 g/mol. The highest BCUT2D eigenvalue weighted by atomic mass is 15.2. The third-order valence-electron chi connectivity index (χ3n) is 6.33. The van der Waals surface area contributed by atoms with Gasteiger partial charge in [0, 0.05) is 35.2 Å². The van der Waals surface area contributed by atoms with Crippen LogP contribution in [0, 0.1) is 0 Å². The van der Waals surface area contributed by atoms with Crippen LogP contribution in [0.25, 0.3) is 27.8 Å². The number of benzene rings is 2. The predicted molar refractivity (Wildman–Crippen MR) is 127 cm³/mol. The number of fused-ring (bicyclic) bond motifs is 7. The number of rotatable bonds is 2. The Labute approximate surface area is 184 Å². The van der Waals surface area contributed by atoms with E-state index in [9.17, 15) is 0 Å². The Morgan fingerprint density at radius 2 is 1.75 bits per heavy atom. The average Bonchev–Trinajstić information content (AvgIpc) is 3.38. The van der Waals surface area contributed by atoms with Crippen LogP contribution in [0.5, 0.6) is 0 Å². The van der Waals surface area contributed by atoms with Crippen LogP contribution in [0.4, 0.5) is 11.4 Å². The van der Waals surface area contributed by atoms with Crippen molar-refractivity contribution in [1.82, 2.24) is 19.5 Å². The van der Waals surface area contributed by atoms with Crippen molar-refractivity contribution in [3.8, 4) is 5.82 Å². The van der Waals surface area contributed by atoms with Gasteiger partial charge in [-0.25, -0.2) is 9.97 Å². The third kappa shape index (κ3) is 2.29. The maximum Gasteiger partial charge on any atom is 0.141 e. The average molecular weight is 414 g/mol. The molecular formula is C26H18N6. The Balaban J connectivity index is 1.65. The molecule has 0 fully saturated rings. The van der Waals surface area contributed by atoms with E-state index in [1.807, 2.05) is 30.6 Å². The van der Waals surface area contributed by atoms with Crippen molar-refractivity contribution >= 4 is 39.5 Å². The van der Waals surface area contributed by atoms with Gasteiger partial charge in [0.25, 0.3) is 0 Å². The zero-order valence-corrected chi connectivity index (χ0v) is 17.1. The minimum absolute atomic E-state index is 0.00367. The van der Waals surface area contributed by atoms with Crippen molar-refractivity contribution in [3.05, 3.63) is 97.1 Å². The van der Waals surface area contributed by atoms with Gasteiger partial charge in [0.05, 0.1) is 28.3 Å². The lowest BCUT2D eigenvalue weighted by Gasteiger charge is -2.28. The second-order valence-corrected chi connectivity index (χ2v) is 8.00. The first-order valence-electron chi connectivity index (χ1n) is 10.6. The van der Waals surface area contributed by atoms with E-state index >= 15 is 0 Å². The van der Waals surface area contributed by atoms with E-state index in [0.29, 0.717) is 0 Å². The molecule has 2 aliphatic heterocycles. The molecule has 5 aromatic rings. The Bertz CT molecular complexity index is 1540. The first kappa shape index (κ1) is 17.4. The van der Waals surface area contributed by atoms with Crippen molar-refractivity contribution in [3.63, 3.8) is 0 Å². The van der Waals surface area contributed by atoms with E-state index in [0.717, 1.165) is 44.7 Å². The molecule has 2 unspecified atom stereocenters. The van der Waals surface area contributed by atoms with Crippen molar-refractivity contribution in [2.24, 2.45) is 4.99 Å². The van der Waals surface area contributed by atoms with Gasteiger partial charge in [-0.3, -0.25) is 14.5 Å². The number of nitrogens with zero attached hydrogens (tertiary/aromatic N) is 6. The topological polar surface area (TPSA) is 59.2 Å². The minimum Gasteiger partial charge on any atom is -0.330 e. The highest BCUT2D eigenvalue weighted by Gasteiger charge is 2.41. The van der Waals surface area contributed by atoms with Gasteiger partial charge < -0.3 is 4.90 Å². The number of dihydropyridines is 1. The van der Waals surface area contributed by atoms with Crippen molar-refractivity contribution in [1.29, 1.82) is 0 Å². The minimum atomic E-state index is 0.00367. The second-order valence-electron chi connectivity index (χ2n) is 8.00. The molecule has 0 amide bonds. The van der Waals surface area contributed by atoms with E-state index < -0.39 is 0 Å². The van der Waals surface area contributed by atoms with Gasteiger partial charge in [0.15, 0.2) is 0 Å². The standard InChI is InChI=1S/C26H18N6/c1-2-7-17(8-3-1)31-21-11-6-13-28-23(21)19-15-29-24-18-9-4-5-10-20(18)32(26(24)25(19)31)22-12-14-27-16-30-22/h1-16,21,23H. The molecule has 7 rings (SSSR count). The van der Waals surface area contributed by atoms with E-state index in [1.165, 1.54) is 0 Å². The van der Waals surface area contributed by atoms with Crippen LogP contribution in [-0.2, 0) is 0 Å². The largest absolute Gasteiger partial charge is 0.330 e. The monoisotopic (exact) mass is 414 g/mol. The van der Waals surface area contributed by atoms with Crippen LogP contribution < -0.4 is 4.90 Å². The molecule has 0 N–H and O–H groups in total. The van der Waals surface area contributed by atoms with Gasteiger partial charge in [0.2, 0.25) is 0 Å². The zero-order chi connectivity index (χ0) is 21.1. The van der Waals surface area contributed by atoms with E-state index in [4.69, 9.17) is 9.98 Å². The maximum atomic E-state index is 4.96. The summed E-state index contributed by atoms with van der Waals surface area (Å²) in [5, 5.41) is 1.10. The van der Waals surface area contributed by atoms with E-state index in [2.05, 4.69) is 74.0 Å². The van der Waals surface area contributed by atoms with Crippen LogP contribution in [0.15, 0.2) is 96.5 Å². The van der Waals surface area contributed by atoms with Crippen molar-refractivity contribution < 1.29 is 0 Å². The highest BCUT2D eigenvalue weighted by Crippen LogP contribution is 2.51. The van der Waals surface area contributed by atoms with Gasteiger partial charge in [0.1, 0.15) is 18.2 Å². The lowest BCUT2D eigenvalue weighted by molar-refractivity contribution is 0.666. The fourth-order valence-electron chi connectivity index (χ4n) is 5.06. The second kappa shape index (κ2) is 6.59. The number of aromatic nitrogens is 4. The summed E-state index contributed by atoms with van der Waals surface area (Å²) in [6.07, 6.45) is 11.5. The summed E-state index contributed by atoms with van der Waals surface area (Å²) in [5.74, 6) is 0.823. The Hall–Kier alpha value is -4.32. The number of allylic oxidation sites excluding steroid dienone is 1. The molecule has 5 heterocycles. The predicted octanol–water partition coefficient (Wildman–Crippen LogP) is 5.17. The molecule has 0 bridgehead atoms. The molecule has 0 saturated heterocycles. The molecule has 6 nitrogen and oxygen atoms in total. The van der Waals surface area contributed by atoms with Crippen LogP contribution in [-0.4, -0.2) is 31.8 Å². The molecule has 2 atom stereocenters. The Morgan fingerprint density at radius 1 is 0.875 bits per heavy atom. The van der Waals surface area contributed by atoms with Gasteiger partial charge >= 0.3 is 0 Å². The Kier molecular flexibility index (Phi) is 3.58. The molecule has 6 heteroatoms. The maximum absolute atomic E-state index is 4.96. The number of para-hydroxylation sites is 2. The van der Waals surface area contributed by atoms with Gasteiger partial charge in [-0.2, -0.15) is 0 Å². The molecule has 0 saturated carbocycles. The van der Waals surface area contributed by atoms with Gasteiger partial charge in [-0.15, -0.1) is 0 Å². The molecule has 152 valence electrons. The van der Waals surface area contributed by atoms with Crippen LogP contribution in [0.2, 0.25) is 0 Å². The summed E-state index contributed by atoms with van der Waals surface area (Å²) in [6, 6.07) is 20.9. The van der Waals surface area contributed by atoms with Gasteiger partial charge in [-0.05, 0) is 30.3 Å². The van der Waals surface area contributed by atoms with E-state index in [1.54, 1.807) is 12.5 Å². The number of anilines is 2.